The number of hydrogen-bond donors (Lipinski definition) is 1. The molecule has 0 aliphatic rings. The summed E-state index contributed by atoms with van der Waals surface area (Å²) in [5.41, 5.74) is 1.14. The number of benzene rings is 1. The minimum Gasteiger partial charge on any atom is -0.383 e. The van der Waals surface area contributed by atoms with Gasteiger partial charge in [-0.15, -0.1) is 0 Å². The van der Waals surface area contributed by atoms with Crippen molar-refractivity contribution in [3.05, 3.63) is 52.1 Å². The Hall–Kier alpha value is -0.780. The maximum atomic E-state index is 6.00. The topological polar surface area (TPSA) is 34.1 Å². The van der Waals surface area contributed by atoms with Gasteiger partial charge in [-0.3, -0.25) is 0 Å². The number of rotatable bonds is 7. The highest BCUT2D eigenvalue weighted by atomic mass is 35.5. The summed E-state index contributed by atoms with van der Waals surface area (Å²) in [5, 5.41) is 5.32. The Morgan fingerprint density at radius 2 is 2.05 bits per heavy atom. The Labute approximate surface area is 139 Å². The molecule has 1 aromatic heterocycles. The number of halogens is 2. The molecule has 1 aromatic carbocycles. The van der Waals surface area contributed by atoms with Gasteiger partial charge in [0.25, 0.3) is 0 Å². The molecule has 0 amide bonds. The molecule has 0 fully saturated rings. The van der Waals surface area contributed by atoms with Crippen LogP contribution < -0.4 is 5.32 Å². The summed E-state index contributed by atoms with van der Waals surface area (Å²) in [6, 6.07) is 9.63. The average molecular weight is 343 g/mol. The molecule has 0 aliphatic heterocycles. The molecule has 0 bridgehead atoms. The molecular weight excluding hydrogens is 327 g/mol. The highest BCUT2D eigenvalue weighted by Crippen LogP contribution is 2.31. The van der Waals surface area contributed by atoms with Crippen molar-refractivity contribution in [1.29, 1.82) is 0 Å². The number of aromatic nitrogens is 1. The first-order valence-electron chi connectivity index (χ1n) is 6.46. The fourth-order valence-corrected chi connectivity index (χ4v) is 2.80. The first-order chi connectivity index (χ1) is 10.2. The lowest BCUT2D eigenvalue weighted by atomic mass is 10.3. The standard InChI is InChI=1S/C15H16Cl2N2OS/c1-20-7-6-18-9-11-2-5-15(19-10-11)21-12-3-4-13(16)14(17)8-12/h2-5,8,10,18H,6-7,9H2,1H3. The predicted octanol–water partition coefficient (Wildman–Crippen LogP) is 4.28. The van der Waals surface area contributed by atoms with Gasteiger partial charge in [-0.1, -0.05) is 41.0 Å². The quantitative estimate of drug-likeness (QED) is 0.761. The summed E-state index contributed by atoms with van der Waals surface area (Å²) in [7, 11) is 1.69. The Morgan fingerprint density at radius 1 is 1.19 bits per heavy atom. The minimum atomic E-state index is 0.556. The number of nitrogens with zero attached hydrogens (tertiary/aromatic N) is 1. The van der Waals surface area contributed by atoms with Crippen LogP contribution in [-0.2, 0) is 11.3 Å². The number of ether oxygens (including phenoxy) is 1. The Kier molecular flexibility index (Phi) is 6.80. The molecule has 3 nitrogen and oxygen atoms in total. The van der Waals surface area contributed by atoms with Gasteiger partial charge in [0.1, 0.15) is 5.03 Å². The lowest BCUT2D eigenvalue weighted by molar-refractivity contribution is 0.199. The van der Waals surface area contributed by atoms with Crippen LogP contribution in [0.25, 0.3) is 0 Å². The van der Waals surface area contributed by atoms with Crippen molar-refractivity contribution in [3.8, 4) is 0 Å². The molecule has 0 saturated heterocycles. The van der Waals surface area contributed by atoms with Crippen LogP contribution in [0, 0.1) is 0 Å². The van der Waals surface area contributed by atoms with Gasteiger partial charge in [0.15, 0.2) is 0 Å². The van der Waals surface area contributed by atoms with E-state index in [2.05, 4.69) is 16.4 Å². The molecule has 1 heterocycles. The Morgan fingerprint density at radius 3 is 2.71 bits per heavy atom. The largest absolute Gasteiger partial charge is 0.383 e. The van der Waals surface area contributed by atoms with Crippen molar-refractivity contribution in [2.75, 3.05) is 20.3 Å². The average Bonchev–Trinajstić information content (AvgIpc) is 2.49. The molecule has 0 spiro atoms. The van der Waals surface area contributed by atoms with Crippen LogP contribution >= 0.6 is 35.0 Å². The van der Waals surface area contributed by atoms with Gasteiger partial charge in [-0.05, 0) is 29.8 Å². The van der Waals surface area contributed by atoms with Crippen molar-refractivity contribution in [1.82, 2.24) is 10.3 Å². The summed E-state index contributed by atoms with van der Waals surface area (Å²) in [5.74, 6) is 0. The van der Waals surface area contributed by atoms with Crippen LogP contribution in [0.1, 0.15) is 5.56 Å². The fourth-order valence-electron chi connectivity index (χ4n) is 1.64. The minimum absolute atomic E-state index is 0.556. The van der Waals surface area contributed by atoms with Crippen molar-refractivity contribution >= 4 is 35.0 Å². The van der Waals surface area contributed by atoms with Crippen molar-refractivity contribution in [2.24, 2.45) is 0 Å². The summed E-state index contributed by atoms with van der Waals surface area (Å²) >= 11 is 13.5. The highest BCUT2D eigenvalue weighted by Gasteiger charge is 2.03. The van der Waals surface area contributed by atoms with Gasteiger partial charge in [-0.25, -0.2) is 4.98 Å². The molecule has 1 N–H and O–H groups in total. The second-order valence-electron chi connectivity index (χ2n) is 4.35. The molecule has 6 heteroatoms. The van der Waals surface area contributed by atoms with E-state index in [0.717, 1.165) is 28.6 Å². The zero-order valence-corrected chi connectivity index (χ0v) is 13.9. The van der Waals surface area contributed by atoms with E-state index in [1.165, 1.54) is 0 Å². The van der Waals surface area contributed by atoms with E-state index in [4.69, 9.17) is 27.9 Å². The van der Waals surface area contributed by atoms with Gasteiger partial charge in [0.05, 0.1) is 16.7 Å². The second kappa shape index (κ2) is 8.61. The van der Waals surface area contributed by atoms with E-state index in [-0.39, 0.29) is 0 Å². The SMILES string of the molecule is COCCNCc1ccc(Sc2ccc(Cl)c(Cl)c2)nc1. The van der Waals surface area contributed by atoms with E-state index >= 15 is 0 Å². The normalized spacial score (nSPS) is 10.8. The van der Waals surface area contributed by atoms with Crippen molar-refractivity contribution in [3.63, 3.8) is 0 Å². The number of pyridine rings is 1. The van der Waals surface area contributed by atoms with E-state index in [1.807, 2.05) is 24.4 Å². The third-order valence-electron chi connectivity index (χ3n) is 2.72. The first-order valence-corrected chi connectivity index (χ1v) is 8.04. The molecular formula is C15H16Cl2N2OS. The predicted molar refractivity (Wildman–Crippen MR) is 88.4 cm³/mol. The van der Waals surface area contributed by atoms with Crippen LogP contribution in [-0.4, -0.2) is 25.2 Å². The van der Waals surface area contributed by atoms with E-state index in [9.17, 15) is 0 Å². The third-order valence-corrected chi connectivity index (χ3v) is 4.40. The molecule has 21 heavy (non-hydrogen) atoms. The van der Waals surface area contributed by atoms with E-state index in [1.54, 1.807) is 24.9 Å². The number of hydrogen-bond acceptors (Lipinski definition) is 4. The van der Waals surface area contributed by atoms with Crippen LogP contribution in [0.15, 0.2) is 46.5 Å². The maximum absolute atomic E-state index is 6.00. The third kappa shape index (κ3) is 5.49. The Bertz CT molecular complexity index is 578. The highest BCUT2D eigenvalue weighted by molar-refractivity contribution is 7.99. The lowest BCUT2D eigenvalue weighted by Gasteiger charge is -2.06. The first kappa shape index (κ1) is 16.6. The maximum Gasteiger partial charge on any atom is 0.101 e. The van der Waals surface area contributed by atoms with Gasteiger partial charge < -0.3 is 10.1 Å². The summed E-state index contributed by atoms with van der Waals surface area (Å²) < 4.78 is 4.98. The fraction of sp³-hybridized carbons (Fsp3) is 0.267. The van der Waals surface area contributed by atoms with Crippen molar-refractivity contribution < 1.29 is 4.74 Å². The molecule has 0 saturated carbocycles. The van der Waals surface area contributed by atoms with Crippen LogP contribution in [0.5, 0.6) is 0 Å². The lowest BCUT2D eigenvalue weighted by Crippen LogP contribution is -2.18. The second-order valence-corrected chi connectivity index (χ2v) is 6.26. The van der Waals surface area contributed by atoms with Crippen LogP contribution in [0.3, 0.4) is 0 Å². The smallest absolute Gasteiger partial charge is 0.101 e. The van der Waals surface area contributed by atoms with Gasteiger partial charge in [0, 0.05) is 31.3 Å². The van der Waals surface area contributed by atoms with Gasteiger partial charge >= 0.3 is 0 Å². The molecule has 0 atom stereocenters. The molecule has 112 valence electrons. The van der Waals surface area contributed by atoms with Crippen LogP contribution in [0.4, 0.5) is 0 Å². The molecule has 0 aliphatic carbocycles. The monoisotopic (exact) mass is 342 g/mol. The van der Waals surface area contributed by atoms with Crippen LogP contribution in [0.2, 0.25) is 10.0 Å². The summed E-state index contributed by atoms with van der Waals surface area (Å²) in [6.45, 7) is 2.32. The summed E-state index contributed by atoms with van der Waals surface area (Å²) in [6.07, 6.45) is 1.87. The van der Waals surface area contributed by atoms with E-state index in [0.29, 0.717) is 16.7 Å². The Balaban J connectivity index is 1.91. The zero-order valence-electron chi connectivity index (χ0n) is 11.6. The van der Waals surface area contributed by atoms with Gasteiger partial charge in [-0.2, -0.15) is 0 Å². The zero-order chi connectivity index (χ0) is 15.1. The summed E-state index contributed by atoms with van der Waals surface area (Å²) in [4.78, 5) is 5.46. The molecule has 0 unspecified atom stereocenters. The van der Waals surface area contributed by atoms with E-state index < -0.39 is 0 Å². The van der Waals surface area contributed by atoms with Crippen molar-refractivity contribution in [2.45, 2.75) is 16.5 Å². The molecule has 2 aromatic rings. The molecule has 0 radical (unpaired) electrons. The van der Waals surface area contributed by atoms with Gasteiger partial charge in [0.2, 0.25) is 0 Å². The number of methoxy groups -OCH3 is 1. The number of nitrogens with one attached hydrogen (secondary N) is 1. The molecule has 2 rings (SSSR count).